The maximum absolute atomic E-state index is 12.2. The van der Waals surface area contributed by atoms with Gasteiger partial charge in [-0.25, -0.2) is 4.79 Å². The lowest BCUT2D eigenvalue weighted by Gasteiger charge is -2.09. The molecule has 7 heteroatoms. The molecule has 148 valence electrons. The lowest BCUT2D eigenvalue weighted by molar-refractivity contribution is -0.119. The topological polar surface area (TPSA) is 90.4 Å². The van der Waals surface area contributed by atoms with E-state index in [2.05, 4.69) is 15.3 Å². The standard InChI is InChI=1S/C23H17N3O4/c27-22(15-29-23(28)16-9-10-20-21(13-16)25-12-11-24-20)26-17-5-4-8-19(14-17)30-18-6-2-1-3-7-18/h1-14H,15H2,(H,26,27). The molecule has 0 radical (unpaired) electrons. The van der Waals surface area contributed by atoms with Crippen molar-refractivity contribution in [2.45, 2.75) is 0 Å². The van der Waals surface area contributed by atoms with Gasteiger partial charge in [0.05, 0.1) is 16.6 Å². The van der Waals surface area contributed by atoms with Crippen LogP contribution in [0.5, 0.6) is 11.5 Å². The van der Waals surface area contributed by atoms with E-state index < -0.39 is 18.5 Å². The molecular formula is C23H17N3O4. The number of anilines is 1. The van der Waals surface area contributed by atoms with Gasteiger partial charge in [0.15, 0.2) is 6.61 Å². The number of carbonyl (C=O) groups excluding carboxylic acids is 2. The van der Waals surface area contributed by atoms with Crippen molar-refractivity contribution >= 4 is 28.6 Å². The van der Waals surface area contributed by atoms with E-state index in [4.69, 9.17) is 9.47 Å². The van der Waals surface area contributed by atoms with Crippen LogP contribution in [0.2, 0.25) is 0 Å². The Balaban J connectivity index is 1.34. The summed E-state index contributed by atoms with van der Waals surface area (Å²) < 4.78 is 10.9. The molecule has 7 nitrogen and oxygen atoms in total. The van der Waals surface area contributed by atoms with Crippen LogP contribution in [0.4, 0.5) is 5.69 Å². The van der Waals surface area contributed by atoms with Gasteiger partial charge in [-0.1, -0.05) is 24.3 Å². The van der Waals surface area contributed by atoms with Crippen molar-refractivity contribution in [1.29, 1.82) is 0 Å². The highest BCUT2D eigenvalue weighted by Gasteiger charge is 2.12. The van der Waals surface area contributed by atoms with Gasteiger partial charge < -0.3 is 14.8 Å². The monoisotopic (exact) mass is 399 g/mol. The summed E-state index contributed by atoms with van der Waals surface area (Å²) in [5.41, 5.74) is 2.08. The number of fused-ring (bicyclic) bond motifs is 1. The third-order valence-corrected chi connectivity index (χ3v) is 4.14. The van der Waals surface area contributed by atoms with E-state index >= 15 is 0 Å². The summed E-state index contributed by atoms with van der Waals surface area (Å²) in [6.07, 6.45) is 3.12. The maximum Gasteiger partial charge on any atom is 0.338 e. The number of hydrogen-bond donors (Lipinski definition) is 1. The van der Waals surface area contributed by atoms with Gasteiger partial charge in [-0.2, -0.15) is 0 Å². The summed E-state index contributed by atoms with van der Waals surface area (Å²) >= 11 is 0. The first-order valence-electron chi connectivity index (χ1n) is 9.18. The van der Waals surface area contributed by atoms with Crippen LogP contribution in [-0.4, -0.2) is 28.5 Å². The Labute approximate surface area is 172 Å². The smallest absolute Gasteiger partial charge is 0.338 e. The number of esters is 1. The molecule has 0 aliphatic rings. The number of aromatic nitrogens is 2. The average molecular weight is 399 g/mol. The molecule has 1 heterocycles. The molecule has 0 unspecified atom stereocenters. The lowest BCUT2D eigenvalue weighted by Crippen LogP contribution is -2.20. The van der Waals surface area contributed by atoms with Crippen molar-refractivity contribution in [1.82, 2.24) is 9.97 Å². The van der Waals surface area contributed by atoms with Gasteiger partial charge in [-0.05, 0) is 42.5 Å². The first kappa shape index (κ1) is 19.1. The second-order valence-electron chi connectivity index (χ2n) is 6.33. The first-order chi connectivity index (χ1) is 14.7. The summed E-state index contributed by atoms with van der Waals surface area (Å²) in [5.74, 6) is 0.197. The van der Waals surface area contributed by atoms with Gasteiger partial charge >= 0.3 is 5.97 Å². The van der Waals surface area contributed by atoms with E-state index in [1.807, 2.05) is 30.3 Å². The second kappa shape index (κ2) is 8.83. The largest absolute Gasteiger partial charge is 0.457 e. The van der Waals surface area contributed by atoms with Crippen LogP contribution >= 0.6 is 0 Å². The molecule has 0 aliphatic heterocycles. The van der Waals surface area contributed by atoms with Crippen molar-refractivity contribution in [2.75, 3.05) is 11.9 Å². The van der Waals surface area contributed by atoms with Gasteiger partial charge in [-0.3, -0.25) is 14.8 Å². The number of amides is 1. The quantitative estimate of drug-likeness (QED) is 0.488. The molecule has 0 bridgehead atoms. The Morgan fingerprint density at radius 1 is 0.800 bits per heavy atom. The minimum Gasteiger partial charge on any atom is -0.457 e. The normalized spacial score (nSPS) is 10.4. The Hall–Kier alpha value is -4.26. The van der Waals surface area contributed by atoms with E-state index in [-0.39, 0.29) is 0 Å². The van der Waals surface area contributed by atoms with Crippen molar-refractivity contribution in [3.63, 3.8) is 0 Å². The van der Waals surface area contributed by atoms with Crippen molar-refractivity contribution in [3.05, 3.63) is 90.8 Å². The first-order valence-corrected chi connectivity index (χ1v) is 9.18. The van der Waals surface area contributed by atoms with Crippen LogP contribution in [-0.2, 0) is 9.53 Å². The van der Waals surface area contributed by atoms with Crippen LogP contribution in [0.25, 0.3) is 11.0 Å². The third kappa shape index (κ3) is 4.77. The van der Waals surface area contributed by atoms with E-state index in [0.29, 0.717) is 33.8 Å². The summed E-state index contributed by atoms with van der Waals surface area (Å²) in [4.78, 5) is 32.7. The van der Waals surface area contributed by atoms with Gasteiger partial charge in [0.1, 0.15) is 11.5 Å². The molecule has 0 fully saturated rings. The Morgan fingerprint density at radius 2 is 1.57 bits per heavy atom. The Kier molecular flexibility index (Phi) is 5.61. The van der Waals surface area contributed by atoms with Gasteiger partial charge in [0.2, 0.25) is 0 Å². The molecule has 0 aliphatic carbocycles. The Morgan fingerprint density at radius 3 is 2.40 bits per heavy atom. The minimum absolute atomic E-state index is 0.300. The molecule has 1 aromatic heterocycles. The SMILES string of the molecule is O=C(COC(=O)c1ccc2nccnc2c1)Nc1cccc(Oc2ccccc2)c1. The van der Waals surface area contributed by atoms with Crippen LogP contribution < -0.4 is 10.1 Å². The number of nitrogens with one attached hydrogen (secondary N) is 1. The molecule has 3 aromatic carbocycles. The predicted molar refractivity (Wildman–Crippen MR) is 111 cm³/mol. The molecular weight excluding hydrogens is 382 g/mol. The predicted octanol–water partition coefficient (Wildman–Crippen LogP) is 4.22. The average Bonchev–Trinajstić information content (AvgIpc) is 2.78. The molecule has 0 saturated carbocycles. The molecule has 4 rings (SSSR count). The highest BCUT2D eigenvalue weighted by molar-refractivity contribution is 5.97. The number of hydrogen-bond acceptors (Lipinski definition) is 6. The summed E-state index contributed by atoms with van der Waals surface area (Å²) in [6, 6.07) is 21.1. The number of ether oxygens (including phenoxy) is 2. The zero-order valence-electron chi connectivity index (χ0n) is 15.8. The molecule has 1 N–H and O–H groups in total. The minimum atomic E-state index is -0.612. The highest BCUT2D eigenvalue weighted by atomic mass is 16.5. The maximum atomic E-state index is 12.2. The van der Waals surface area contributed by atoms with Gasteiger partial charge in [0, 0.05) is 24.1 Å². The fraction of sp³-hybridized carbons (Fsp3) is 0.0435. The van der Waals surface area contributed by atoms with Crippen LogP contribution in [0.15, 0.2) is 85.2 Å². The molecule has 30 heavy (non-hydrogen) atoms. The number of para-hydroxylation sites is 1. The van der Waals surface area contributed by atoms with Crippen LogP contribution in [0, 0.1) is 0 Å². The van der Waals surface area contributed by atoms with Gasteiger partial charge in [0.25, 0.3) is 5.91 Å². The van der Waals surface area contributed by atoms with Crippen molar-refractivity contribution < 1.29 is 19.1 Å². The van der Waals surface area contributed by atoms with Crippen LogP contribution in [0.3, 0.4) is 0 Å². The Bertz CT molecular complexity index is 1200. The fourth-order valence-electron chi connectivity index (χ4n) is 2.76. The summed E-state index contributed by atoms with van der Waals surface area (Å²) in [6.45, 7) is -0.416. The number of carbonyl (C=O) groups is 2. The number of rotatable bonds is 6. The fourth-order valence-corrected chi connectivity index (χ4v) is 2.76. The zero-order valence-corrected chi connectivity index (χ0v) is 15.8. The van der Waals surface area contributed by atoms with E-state index in [1.165, 1.54) is 0 Å². The van der Waals surface area contributed by atoms with E-state index in [0.717, 1.165) is 0 Å². The lowest BCUT2D eigenvalue weighted by atomic mass is 10.2. The zero-order chi connectivity index (χ0) is 20.8. The third-order valence-electron chi connectivity index (χ3n) is 4.14. The molecule has 4 aromatic rings. The van der Waals surface area contributed by atoms with Crippen molar-refractivity contribution in [3.8, 4) is 11.5 Å². The summed E-state index contributed by atoms with van der Waals surface area (Å²) in [5, 5.41) is 2.69. The van der Waals surface area contributed by atoms with E-state index in [1.54, 1.807) is 54.9 Å². The van der Waals surface area contributed by atoms with Gasteiger partial charge in [-0.15, -0.1) is 0 Å². The number of benzene rings is 3. The summed E-state index contributed by atoms with van der Waals surface area (Å²) in [7, 11) is 0. The molecule has 0 saturated heterocycles. The molecule has 0 spiro atoms. The van der Waals surface area contributed by atoms with E-state index in [9.17, 15) is 9.59 Å². The molecule has 0 atom stereocenters. The number of nitrogens with zero attached hydrogens (tertiary/aromatic N) is 2. The highest BCUT2D eigenvalue weighted by Crippen LogP contribution is 2.23. The molecule has 1 amide bonds. The van der Waals surface area contributed by atoms with Crippen molar-refractivity contribution in [2.24, 2.45) is 0 Å². The second-order valence-corrected chi connectivity index (χ2v) is 6.33. The van der Waals surface area contributed by atoms with Crippen LogP contribution in [0.1, 0.15) is 10.4 Å².